The highest BCUT2D eigenvalue weighted by atomic mass is 32.1. The molecule has 0 aliphatic carbocycles. The molecule has 0 aromatic carbocycles. The third kappa shape index (κ3) is 2.69. The van der Waals surface area contributed by atoms with Gasteiger partial charge in [0.25, 0.3) is 0 Å². The van der Waals surface area contributed by atoms with Crippen LogP contribution in [0.2, 0.25) is 0 Å². The number of aryl methyl sites for hydroxylation is 2. The summed E-state index contributed by atoms with van der Waals surface area (Å²) < 4.78 is 0. The summed E-state index contributed by atoms with van der Waals surface area (Å²) in [6, 6.07) is -0.625. The molecule has 1 aromatic rings. The fourth-order valence-corrected chi connectivity index (χ4v) is 3.03. The lowest BCUT2D eigenvalue weighted by Gasteiger charge is -2.21. The molecule has 1 fully saturated rings. The minimum Gasteiger partial charge on any atom is -0.480 e. The number of nitrogens with zero attached hydrogens (tertiary/aromatic N) is 2. The molecule has 1 aromatic heterocycles. The highest BCUT2D eigenvalue weighted by Crippen LogP contribution is 2.20. The summed E-state index contributed by atoms with van der Waals surface area (Å²) in [7, 11) is 0. The van der Waals surface area contributed by atoms with Crippen LogP contribution < -0.4 is 0 Å². The van der Waals surface area contributed by atoms with Crippen molar-refractivity contribution < 1.29 is 14.7 Å². The summed E-state index contributed by atoms with van der Waals surface area (Å²) in [4.78, 5) is 29.8. The molecule has 0 saturated carbocycles. The van der Waals surface area contributed by atoms with Crippen molar-refractivity contribution in [1.82, 2.24) is 9.88 Å². The largest absolute Gasteiger partial charge is 0.480 e. The van der Waals surface area contributed by atoms with E-state index in [1.54, 1.807) is 16.8 Å². The number of hydrogen-bond donors (Lipinski definition) is 1. The van der Waals surface area contributed by atoms with Gasteiger partial charge in [-0.15, -0.1) is 11.3 Å². The van der Waals surface area contributed by atoms with Crippen molar-refractivity contribution in [3.05, 3.63) is 16.1 Å². The van der Waals surface area contributed by atoms with E-state index < -0.39 is 12.0 Å². The van der Waals surface area contributed by atoms with Gasteiger partial charge in [-0.1, -0.05) is 0 Å². The molecule has 2 rings (SSSR count). The Morgan fingerprint density at radius 3 is 3.00 bits per heavy atom. The number of aromatic nitrogens is 1. The van der Waals surface area contributed by atoms with E-state index in [4.69, 9.17) is 5.11 Å². The van der Waals surface area contributed by atoms with Crippen molar-refractivity contribution in [2.75, 3.05) is 6.54 Å². The van der Waals surface area contributed by atoms with Crippen molar-refractivity contribution in [2.24, 2.45) is 0 Å². The van der Waals surface area contributed by atoms with Gasteiger partial charge < -0.3 is 10.0 Å². The zero-order valence-corrected chi connectivity index (χ0v) is 11.1. The molecule has 1 saturated heterocycles. The Bertz CT molecular complexity index is 458. The van der Waals surface area contributed by atoms with E-state index in [-0.39, 0.29) is 5.91 Å². The first-order valence-corrected chi connectivity index (χ1v) is 6.89. The van der Waals surface area contributed by atoms with Crippen LogP contribution in [-0.4, -0.2) is 39.5 Å². The van der Waals surface area contributed by atoms with E-state index in [9.17, 15) is 9.59 Å². The highest BCUT2D eigenvalue weighted by molar-refractivity contribution is 7.09. The van der Waals surface area contributed by atoms with E-state index in [0.29, 0.717) is 25.8 Å². The average Bonchev–Trinajstić information content (AvgIpc) is 2.94. The van der Waals surface area contributed by atoms with Gasteiger partial charge >= 0.3 is 5.97 Å². The number of carbonyl (C=O) groups is 2. The first-order chi connectivity index (χ1) is 8.59. The molecule has 18 heavy (non-hydrogen) atoms. The highest BCUT2D eigenvalue weighted by Gasteiger charge is 2.33. The number of rotatable bonds is 4. The van der Waals surface area contributed by atoms with E-state index in [1.807, 2.05) is 6.92 Å². The maximum absolute atomic E-state index is 12.0. The van der Waals surface area contributed by atoms with Crippen molar-refractivity contribution in [2.45, 2.75) is 38.6 Å². The summed E-state index contributed by atoms with van der Waals surface area (Å²) in [6.07, 6.45) is 2.37. The molecule has 1 atom stereocenters. The molecule has 1 aliphatic rings. The molecule has 2 heterocycles. The van der Waals surface area contributed by atoms with E-state index in [2.05, 4.69) is 4.98 Å². The summed E-state index contributed by atoms with van der Waals surface area (Å²) in [5.41, 5.74) is 2.73. The lowest BCUT2D eigenvalue weighted by atomic mass is 10.2. The lowest BCUT2D eigenvalue weighted by molar-refractivity contribution is -0.148. The second kappa shape index (κ2) is 5.48. The second-order valence-corrected chi connectivity index (χ2v) is 5.38. The molecule has 1 N–H and O–H groups in total. The second-order valence-electron chi connectivity index (χ2n) is 4.44. The van der Waals surface area contributed by atoms with Gasteiger partial charge in [0, 0.05) is 17.8 Å². The zero-order valence-electron chi connectivity index (χ0n) is 10.3. The topological polar surface area (TPSA) is 70.5 Å². The molecule has 0 bridgehead atoms. The van der Waals surface area contributed by atoms with Crippen LogP contribution in [0.15, 0.2) is 5.51 Å². The molecule has 0 spiro atoms. The standard InChI is InChI=1S/C12H16N2O3S/c1-8-10(18-7-13-8)4-5-11(15)14-6-2-3-9(14)12(16)17/h7,9H,2-6H2,1H3,(H,16,17)/t9-/m0/s1. The molecular weight excluding hydrogens is 252 g/mol. The number of hydrogen-bond acceptors (Lipinski definition) is 4. The Morgan fingerprint density at radius 2 is 2.39 bits per heavy atom. The van der Waals surface area contributed by atoms with Crippen LogP contribution in [0, 0.1) is 6.92 Å². The maximum Gasteiger partial charge on any atom is 0.326 e. The maximum atomic E-state index is 12.0. The normalized spacial score (nSPS) is 19.2. The minimum atomic E-state index is -0.894. The predicted molar refractivity (Wildman–Crippen MR) is 67.5 cm³/mol. The number of thiazole rings is 1. The molecule has 1 aliphatic heterocycles. The van der Waals surface area contributed by atoms with Gasteiger partial charge in [-0.3, -0.25) is 4.79 Å². The van der Waals surface area contributed by atoms with Gasteiger partial charge in [0.15, 0.2) is 0 Å². The van der Waals surface area contributed by atoms with Gasteiger partial charge in [-0.05, 0) is 26.2 Å². The van der Waals surface area contributed by atoms with Gasteiger partial charge in [0.05, 0.1) is 11.2 Å². The van der Waals surface area contributed by atoms with Crippen LogP contribution in [0.3, 0.4) is 0 Å². The van der Waals surface area contributed by atoms with Crippen LogP contribution in [0.5, 0.6) is 0 Å². The number of amides is 1. The van der Waals surface area contributed by atoms with E-state index >= 15 is 0 Å². The van der Waals surface area contributed by atoms with Crippen molar-refractivity contribution in [3.8, 4) is 0 Å². The van der Waals surface area contributed by atoms with Gasteiger partial charge in [0.1, 0.15) is 6.04 Å². The van der Waals surface area contributed by atoms with Gasteiger partial charge in [-0.25, -0.2) is 9.78 Å². The lowest BCUT2D eigenvalue weighted by Crippen LogP contribution is -2.40. The molecular formula is C12H16N2O3S. The first-order valence-electron chi connectivity index (χ1n) is 6.01. The first kappa shape index (κ1) is 13.0. The molecule has 98 valence electrons. The van der Waals surface area contributed by atoms with E-state index in [1.165, 1.54) is 4.90 Å². The number of aliphatic carboxylic acids is 1. The number of carbonyl (C=O) groups excluding carboxylic acids is 1. The SMILES string of the molecule is Cc1ncsc1CCC(=O)N1CCC[C@H]1C(=O)O. The van der Waals surface area contributed by atoms with Crippen molar-refractivity contribution >= 4 is 23.2 Å². The van der Waals surface area contributed by atoms with E-state index in [0.717, 1.165) is 17.0 Å². The predicted octanol–water partition coefficient (Wildman–Crippen LogP) is 1.46. The molecule has 5 nitrogen and oxygen atoms in total. The summed E-state index contributed by atoms with van der Waals surface area (Å²) in [6.45, 7) is 2.49. The minimum absolute atomic E-state index is 0.0623. The fraction of sp³-hybridized carbons (Fsp3) is 0.583. The summed E-state index contributed by atoms with van der Waals surface area (Å²) >= 11 is 1.54. The van der Waals surface area contributed by atoms with Crippen LogP contribution in [0.4, 0.5) is 0 Å². The molecule has 1 amide bonds. The number of carboxylic acid groups (broad SMARTS) is 1. The smallest absolute Gasteiger partial charge is 0.326 e. The Kier molecular flexibility index (Phi) is 3.96. The van der Waals surface area contributed by atoms with Crippen LogP contribution in [0.25, 0.3) is 0 Å². The number of carboxylic acids is 1. The molecule has 0 unspecified atom stereocenters. The third-order valence-electron chi connectivity index (χ3n) is 3.27. The number of likely N-dealkylation sites (tertiary alicyclic amines) is 1. The average molecular weight is 268 g/mol. The van der Waals surface area contributed by atoms with Crippen LogP contribution >= 0.6 is 11.3 Å². The Hall–Kier alpha value is -1.43. The summed E-state index contributed by atoms with van der Waals surface area (Å²) in [5, 5.41) is 9.03. The van der Waals surface area contributed by atoms with Crippen LogP contribution in [0.1, 0.15) is 29.8 Å². The van der Waals surface area contributed by atoms with Gasteiger partial charge in [-0.2, -0.15) is 0 Å². The Morgan fingerprint density at radius 1 is 1.61 bits per heavy atom. The fourth-order valence-electron chi connectivity index (χ4n) is 2.25. The van der Waals surface area contributed by atoms with Crippen molar-refractivity contribution in [1.29, 1.82) is 0 Å². The third-order valence-corrected chi connectivity index (χ3v) is 4.26. The molecule has 0 radical (unpaired) electrons. The Labute approximate surface area is 109 Å². The van der Waals surface area contributed by atoms with Crippen LogP contribution in [-0.2, 0) is 16.0 Å². The zero-order chi connectivity index (χ0) is 13.1. The monoisotopic (exact) mass is 268 g/mol. The Balaban J connectivity index is 1.92. The molecule has 6 heteroatoms. The van der Waals surface area contributed by atoms with Crippen molar-refractivity contribution in [3.63, 3.8) is 0 Å². The van der Waals surface area contributed by atoms with Gasteiger partial charge in [0.2, 0.25) is 5.91 Å². The summed E-state index contributed by atoms with van der Waals surface area (Å²) in [5.74, 6) is -0.956. The quantitative estimate of drug-likeness (QED) is 0.897.